The molecule has 2 aliphatic rings. The molecule has 0 aromatic heterocycles. The molecule has 1 heterocycles. The Labute approximate surface area is 122 Å². The first-order valence-electron chi connectivity index (χ1n) is 7.06. The standard InChI is InChI=1S/C15H20BrFN2/c1-18-9-10-6-7-19(12-3-4-12)15(10)13-5-2-11(17)8-14(13)16/h2,5,8,10,12,15,18H,3-4,6-7,9H2,1H3. The third-order valence-corrected chi connectivity index (χ3v) is 5.01. The largest absolute Gasteiger partial charge is 0.319 e. The van der Waals surface area contributed by atoms with Crippen molar-refractivity contribution in [2.24, 2.45) is 5.92 Å². The van der Waals surface area contributed by atoms with Crippen LogP contribution in [0.2, 0.25) is 0 Å². The number of rotatable bonds is 4. The summed E-state index contributed by atoms with van der Waals surface area (Å²) in [5.41, 5.74) is 1.24. The lowest BCUT2D eigenvalue weighted by Crippen LogP contribution is -2.31. The summed E-state index contributed by atoms with van der Waals surface area (Å²) in [5.74, 6) is 0.448. The molecule has 1 N–H and O–H groups in total. The van der Waals surface area contributed by atoms with E-state index in [2.05, 4.69) is 26.1 Å². The van der Waals surface area contributed by atoms with Crippen LogP contribution < -0.4 is 5.32 Å². The summed E-state index contributed by atoms with van der Waals surface area (Å²) in [4.78, 5) is 2.63. The predicted octanol–water partition coefficient (Wildman–Crippen LogP) is 3.33. The molecule has 2 unspecified atom stereocenters. The number of hydrogen-bond acceptors (Lipinski definition) is 2. The monoisotopic (exact) mass is 326 g/mol. The van der Waals surface area contributed by atoms with Crippen LogP contribution in [0.3, 0.4) is 0 Å². The maximum Gasteiger partial charge on any atom is 0.124 e. The zero-order valence-corrected chi connectivity index (χ0v) is 12.8. The van der Waals surface area contributed by atoms with E-state index in [1.54, 1.807) is 12.1 Å². The molecular weight excluding hydrogens is 307 g/mol. The molecule has 2 nitrogen and oxygen atoms in total. The minimum atomic E-state index is -0.170. The molecule has 1 aromatic rings. The van der Waals surface area contributed by atoms with E-state index >= 15 is 0 Å². The van der Waals surface area contributed by atoms with Crippen LogP contribution in [0.25, 0.3) is 0 Å². The molecule has 104 valence electrons. The van der Waals surface area contributed by atoms with Gasteiger partial charge in [0.1, 0.15) is 5.82 Å². The first kappa shape index (κ1) is 13.5. The molecule has 2 fully saturated rings. The highest BCUT2D eigenvalue weighted by molar-refractivity contribution is 9.10. The Morgan fingerprint density at radius 1 is 1.37 bits per heavy atom. The molecule has 1 aliphatic heterocycles. The average Bonchev–Trinajstić information content (AvgIpc) is 3.13. The third kappa shape index (κ3) is 2.71. The summed E-state index contributed by atoms with van der Waals surface area (Å²) in [6, 6.07) is 6.31. The van der Waals surface area contributed by atoms with Crippen molar-refractivity contribution in [2.75, 3.05) is 20.1 Å². The Hall–Kier alpha value is -0.450. The molecule has 2 atom stereocenters. The maximum atomic E-state index is 13.3. The van der Waals surface area contributed by atoms with E-state index in [0.717, 1.165) is 17.1 Å². The van der Waals surface area contributed by atoms with Gasteiger partial charge in [0.05, 0.1) is 0 Å². The maximum absolute atomic E-state index is 13.3. The fourth-order valence-electron chi connectivity index (χ4n) is 3.35. The lowest BCUT2D eigenvalue weighted by Gasteiger charge is -2.29. The molecule has 0 bridgehead atoms. The van der Waals surface area contributed by atoms with Crippen molar-refractivity contribution < 1.29 is 4.39 Å². The second-order valence-corrected chi connectivity index (χ2v) is 6.54. The van der Waals surface area contributed by atoms with Gasteiger partial charge in [0.2, 0.25) is 0 Å². The van der Waals surface area contributed by atoms with Crippen molar-refractivity contribution in [3.8, 4) is 0 Å². The number of halogens is 2. The molecule has 4 heteroatoms. The van der Waals surface area contributed by atoms with Gasteiger partial charge in [0, 0.05) is 16.6 Å². The smallest absolute Gasteiger partial charge is 0.124 e. The molecule has 1 saturated heterocycles. The molecule has 19 heavy (non-hydrogen) atoms. The first-order chi connectivity index (χ1) is 9.20. The van der Waals surface area contributed by atoms with Crippen LogP contribution in [0.4, 0.5) is 4.39 Å². The van der Waals surface area contributed by atoms with E-state index in [1.165, 1.54) is 31.4 Å². The zero-order chi connectivity index (χ0) is 13.4. The number of nitrogens with one attached hydrogen (secondary N) is 1. The Kier molecular flexibility index (Phi) is 3.92. The normalized spacial score (nSPS) is 27.9. The van der Waals surface area contributed by atoms with Gasteiger partial charge in [0.25, 0.3) is 0 Å². The highest BCUT2D eigenvalue weighted by atomic mass is 79.9. The molecule has 1 aliphatic carbocycles. The van der Waals surface area contributed by atoms with Gasteiger partial charge in [-0.2, -0.15) is 0 Å². The van der Waals surface area contributed by atoms with Gasteiger partial charge in [-0.15, -0.1) is 0 Å². The zero-order valence-electron chi connectivity index (χ0n) is 11.2. The van der Waals surface area contributed by atoms with Crippen LogP contribution in [0, 0.1) is 11.7 Å². The number of hydrogen-bond donors (Lipinski definition) is 1. The van der Waals surface area contributed by atoms with Gasteiger partial charge in [-0.25, -0.2) is 4.39 Å². The third-order valence-electron chi connectivity index (χ3n) is 4.33. The highest BCUT2D eigenvalue weighted by Crippen LogP contribution is 2.45. The van der Waals surface area contributed by atoms with E-state index in [-0.39, 0.29) is 5.82 Å². The summed E-state index contributed by atoms with van der Waals surface area (Å²) in [5, 5.41) is 3.30. The van der Waals surface area contributed by atoms with Gasteiger partial charge in [-0.1, -0.05) is 22.0 Å². The Balaban J connectivity index is 1.91. The fourth-order valence-corrected chi connectivity index (χ4v) is 3.93. The minimum absolute atomic E-state index is 0.170. The summed E-state index contributed by atoms with van der Waals surface area (Å²) >= 11 is 3.55. The molecular formula is C15H20BrFN2. The van der Waals surface area contributed by atoms with Gasteiger partial charge in [0.15, 0.2) is 0 Å². The average molecular weight is 327 g/mol. The van der Waals surface area contributed by atoms with Gasteiger partial charge < -0.3 is 5.32 Å². The van der Waals surface area contributed by atoms with E-state index in [4.69, 9.17) is 0 Å². The number of benzene rings is 1. The van der Waals surface area contributed by atoms with Crippen molar-refractivity contribution in [3.63, 3.8) is 0 Å². The van der Waals surface area contributed by atoms with Crippen LogP contribution >= 0.6 is 15.9 Å². The second-order valence-electron chi connectivity index (χ2n) is 5.69. The quantitative estimate of drug-likeness (QED) is 0.913. The van der Waals surface area contributed by atoms with Gasteiger partial charge >= 0.3 is 0 Å². The predicted molar refractivity (Wildman–Crippen MR) is 78.6 cm³/mol. The Morgan fingerprint density at radius 3 is 2.79 bits per heavy atom. The molecule has 1 aromatic carbocycles. The topological polar surface area (TPSA) is 15.3 Å². The van der Waals surface area contributed by atoms with E-state index in [0.29, 0.717) is 12.0 Å². The molecule has 0 radical (unpaired) electrons. The van der Waals surface area contributed by atoms with Gasteiger partial charge in [-0.3, -0.25) is 4.90 Å². The van der Waals surface area contributed by atoms with E-state index in [1.807, 2.05) is 13.1 Å². The van der Waals surface area contributed by atoms with Gasteiger partial charge in [-0.05, 0) is 63.0 Å². The molecule has 0 spiro atoms. The molecule has 3 rings (SSSR count). The van der Waals surface area contributed by atoms with Crippen molar-refractivity contribution >= 4 is 15.9 Å². The van der Waals surface area contributed by atoms with Crippen LogP contribution in [0.15, 0.2) is 22.7 Å². The Morgan fingerprint density at radius 2 is 2.16 bits per heavy atom. The number of nitrogens with zero attached hydrogens (tertiary/aromatic N) is 1. The fraction of sp³-hybridized carbons (Fsp3) is 0.600. The summed E-state index contributed by atoms with van der Waals surface area (Å²) in [6.07, 6.45) is 3.87. The summed E-state index contributed by atoms with van der Waals surface area (Å²) in [6.45, 7) is 2.20. The second kappa shape index (κ2) is 5.51. The van der Waals surface area contributed by atoms with Crippen molar-refractivity contribution in [2.45, 2.75) is 31.3 Å². The lowest BCUT2D eigenvalue weighted by molar-refractivity contribution is 0.216. The van der Waals surface area contributed by atoms with Crippen molar-refractivity contribution in [1.29, 1.82) is 0 Å². The SMILES string of the molecule is CNCC1CCN(C2CC2)C1c1ccc(F)cc1Br. The Bertz CT molecular complexity index is 461. The molecule has 0 amide bonds. The van der Waals surface area contributed by atoms with Crippen LogP contribution in [0.1, 0.15) is 30.9 Å². The summed E-state index contributed by atoms with van der Waals surface area (Å²) in [7, 11) is 2.01. The lowest BCUT2D eigenvalue weighted by atomic mass is 9.93. The van der Waals surface area contributed by atoms with Crippen molar-refractivity contribution in [3.05, 3.63) is 34.1 Å². The van der Waals surface area contributed by atoms with Crippen LogP contribution in [-0.2, 0) is 0 Å². The number of likely N-dealkylation sites (tertiary alicyclic amines) is 1. The van der Waals surface area contributed by atoms with E-state index < -0.39 is 0 Å². The van der Waals surface area contributed by atoms with Crippen LogP contribution in [0.5, 0.6) is 0 Å². The minimum Gasteiger partial charge on any atom is -0.319 e. The van der Waals surface area contributed by atoms with Crippen molar-refractivity contribution in [1.82, 2.24) is 10.2 Å². The van der Waals surface area contributed by atoms with E-state index in [9.17, 15) is 4.39 Å². The summed E-state index contributed by atoms with van der Waals surface area (Å²) < 4.78 is 14.2. The highest BCUT2D eigenvalue weighted by Gasteiger charge is 2.42. The first-order valence-corrected chi connectivity index (χ1v) is 7.85. The molecule has 1 saturated carbocycles. The van der Waals surface area contributed by atoms with Crippen LogP contribution in [-0.4, -0.2) is 31.1 Å².